The second-order valence-electron chi connectivity index (χ2n) is 5.93. The van der Waals surface area contributed by atoms with E-state index in [0.29, 0.717) is 13.0 Å². The van der Waals surface area contributed by atoms with Crippen molar-refractivity contribution in [2.24, 2.45) is 5.92 Å². The second kappa shape index (κ2) is 6.24. The molecule has 1 fully saturated rings. The smallest absolute Gasteiger partial charge is 0.246 e. The van der Waals surface area contributed by atoms with Crippen LogP contribution in [-0.4, -0.2) is 33.8 Å². The van der Waals surface area contributed by atoms with Gasteiger partial charge in [0.2, 0.25) is 11.8 Å². The maximum atomic E-state index is 12.6. The Labute approximate surface area is 125 Å². The quantitative estimate of drug-likeness (QED) is 0.917. The minimum Gasteiger partial charge on any atom is -0.342 e. The Bertz CT molecular complexity index is 525. The van der Waals surface area contributed by atoms with Crippen LogP contribution < -0.4 is 5.32 Å². The first kappa shape index (κ1) is 15.5. The highest BCUT2D eigenvalue weighted by Gasteiger charge is 2.40. The van der Waals surface area contributed by atoms with Gasteiger partial charge in [0.05, 0.1) is 0 Å². The first-order chi connectivity index (χ1) is 9.93. The lowest BCUT2D eigenvalue weighted by Gasteiger charge is -2.40. The lowest BCUT2D eigenvalue weighted by atomic mass is 9.96. The highest BCUT2D eigenvalue weighted by atomic mass is 16.2. The molecule has 5 heteroatoms. The predicted octanol–water partition coefficient (Wildman–Crippen LogP) is 1.65. The lowest BCUT2D eigenvalue weighted by Crippen LogP contribution is -2.64. The molecule has 0 bridgehead atoms. The number of hydrogen-bond donors (Lipinski definition) is 1. The third-order valence-corrected chi connectivity index (χ3v) is 3.90. The SMILES string of the molecule is CCC1C(=O)NC(C(C)C)C(=O)N1Cc1ccc(C)nc1. The van der Waals surface area contributed by atoms with Crippen molar-refractivity contribution >= 4 is 11.8 Å². The van der Waals surface area contributed by atoms with E-state index in [1.54, 1.807) is 11.1 Å². The molecule has 1 aliphatic rings. The van der Waals surface area contributed by atoms with E-state index >= 15 is 0 Å². The molecule has 2 heterocycles. The average Bonchev–Trinajstić information content (AvgIpc) is 2.44. The standard InChI is InChI=1S/C16H23N3O2/c1-5-13-15(20)18-14(10(2)3)16(21)19(13)9-12-7-6-11(4)17-8-12/h6-8,10,13-14H,5,9H2,1-4H3,(H,18,20). The summed E-state index contributed by atoms with van der Waals surface area (Å²) in [7, 11) is 0. The Hall–Kier alpha value is -1.91. The number of aromatic nitrogens is 1. The number of aryl methyl sites for hydroxylation is 1. The summed E-state index contributed by atoms with van der Waals surface area (Å²) in [4.78, 5) is 30.8. The molecule has 0 aliphatic carbocycles. The van der Waals surface area contributed by atoms with Crippen molar-refractivity contribution < 1.29 is 9.59 Å². The van der Waals surface area contributed by atoms with Crippen LogP contribution in [0.4, 0.5) is 0 Å². The van der Waals surface area contributed by atoms with Crippen LogP contribution >= 0.6 is 0 Å². The minimum absolute atomic E-state index is 0.00275. The van der Waals surface area contributed by atoms with Crippen LogP contribution in [0.1, 0.15) is 38.4 Å². The van der Waals surface area contributed by atoms with Crippen molar-refractivity contribution in [3.63, 3.8) is 0 Å². The first-order valence-corrected chi connectivity index (χ1v) is 7.46. The number of piperazine rings is 1. The highest BCUT2D eigenvalue weighted by Crippen LogP contribution is 2.20. The molecule has 2 amide bonds. The fraction of sp³-hybridized carbons (Fsp3) is 0.562. The number of carbonyl (C=O) groups excluding carboxylic acids is 2. The largest absolute Gasteiger partial charge is 0.342 e. The van der Waals surface area contributed by atoms with E-state index < -0.39 is 12.1 Å². The Morgan fingerprint density at radius 2 is 2.05 bits per heavy atom. The van der Waals surface area contributed by atoms with Gasteiger partial charge in [-0.3, -0.25) is 14.6 Å². The summed E-state index contributed by atoms with van der Waals surface area (Å²) in [6.07, 6.45) is 2.38. The second-order valence-corrected chi connectivity index (χ2v) is 5.93. The number of hydrogen-bond acceptors (Lipinski definition) is 3. The van der Waals surface area contributed by atoms with Gasteiger partial charge in [-0.05, 0) is 30.9 Å². The maximum Gasteiger partial charge on any atom is 0.246 e. The van der Waals surface area contributed by atoms with Gasteiger partial charge in [-0.15, -0.1) is 0 Å². The van der Waals surface area contributed by atoms with E-state index in [-0.39, 0.29) is 17.7 Å². The van der Waals surface area contributed by atoms with Crippen LogP contribution in [0, 0.1) is 12.8 Å². The zero-order chi connectivity index (χ0) is 15.6. The van der Waals surface area contributed by atoms with Crippen LogP contribution in [0.25, 0.3) is 0 Å². The third-order valence-electron chi connectivity index (χ3n) is 3.90. The molecular weight excluding hydrogens is 266 g/mol. The average molecular weight is 289 g/mol. The van der Waals surface area contributed by atoms with Crippen molar-refractivity contribution in [2.75, 3.05) is 0 Å². The molecule has 0 radical (unpaired) electrons. The van der Waals surface area contributed by atoms with Crippen LogP contribution in [0.5, 0.6) is 0 Å². The number of pyridine rings is 1. The molecule has 114 valence electrons. The molecular formula is C16H23N3O2. The lowest BCUT2D eigenvalue weighted by molar-refractivity contribution is -0.151. The van der Waals surface area contributed by atoms with Crippen molar-refractivity contribution in [1.29, 1.82) is 0 Å². The van der Waals surface area contributed by atoms with Gasteiger partial charge in [0.25, 0.3) is 0 Å². The summed E-state index contributed by atoms with van der Waals surface area (Å²) in [5.41, 5.74) is 1.89. The summed E-state index contributed by atoms with van der Waals surface area (Å²) in [5, 5.41) is 2.85. The Morgan fingerprint density at radius 1 is 1.33 bits per heavy atom. The van der Waals surface area contributed by atoms with Gasteiger partial charge >= 0.3 is 0 Å². The van der Waals surface area contributed by atoms with Gasteiger partial charge in [0.1, 0.15) is 12.1 Å². The van der Waals surface area contributed by atoms with Crippen molar-refractivity contribution in [2.45, 2.75) is 52.7 Å². The van der Waals surface area contributed by atoms with Gasteiger partial charge in [-0.1, -0.05) is 26.8 Å². The van der Waals surface area contributed by atoms with Crippen LogP contribution in [0.3, 0.4) is 0 Å². The topological polar surface area (TPSA) is 62.3 Å². The Morgan fingerprint density at radius 3 is 2.57 bits per heavy atom. The molecule has 1 aliphatic heterocycles. The molecule has 1 N–H and O–H groups in total. The molecule has 5 nitrogen and oxygen atoms in total. The molecule has 2 unspecified atom stereocenters. The van der Waals surface area contributed by atoms with E-state index in [1.165, 1.54) is 0 Å². The van der Waals surface area contributed by atoms with E-state index in [9.17, 15) is 9.59 Å². The highest BCUT2D eigenvalue weighted by molar-refractivity contribution is 5.97. The normalized spacial score (nSPS) is 22.6. The number of amides is 2. The third kappa shape index (κ3) is 3.23. The molecule has 21 heavy (non-hydrogen) atoms. The first-order valence-electron chi connectivity index (χ1n) is 7.46. The van der Waals surface area contributed by atoms with E-state index in [1.807, 2.05) is 39.8 Å². The molecule has 2 atom stereocenters. The molecule has 0 spiro atoms. The number of nitrogens with one attached hydrogen (secondary N) is 1. The predicted molar refractivity (Wildman–Crippen MR) is 80.4 cm³/mol. The molecule has 0 saturated carbocycles. The van der Waals surface area contributed by atoms with Crippen LogP contribution in [0.15, 0.2) is 18.3 Å². The van der Waals surface area contributed by atoms with Crippen molar-refractivity contribution in [1.82, 2.24) is 15.2 Å². The fourth-order valence-electron chi connectivity index (χ4n) is 2.62. The maximum absolute atomic E-state index is 12.6. The Balaban J connectivity index is 2.25. The summed E-state index contributed by atoms with van der Waals surface area (Å²) in [6, 6.07) is 3.05. The summed E-state index contributed by atoms with van der Waals surface area (Å²) in [5.74, 6) is 0.0193. The van der Waals surface area contributed by atoms with Crippen molar-refractivity contribution in [3.05, 3.63) is 29.6 Å². The van der Waals surface area contributed by atoms with E-state index in [0.717, 1.165) is 11.3 Å². The van der Waals surface area contributed by atoms with Gasteiger partial charge in [0.15, 0.2) is 0 Å². The molecule has 1 aromatic rings. The van der Waals surface area contributed by atoms with Gasteiger partial charge in [-0.2, -0.15) is 0 Å². The van der Waals surface area contributed by atoms with E-state index in [2.05, 4.69) is 10.3 Å². The van der Waals surface area contributed by atoms with Gasteiger partial charge in [-0.25, -0.2) is 0 Å². The number of nitrogens with zero attached hydrogens (tertiary/aromatic N) is 2. The summed E-state index contributed by atoms with van der Waals surface area (Å²) < 4.78 is 0. The molecule has 1 saturated heterocycles. The number of carbonyl (C=O) groups is 2. The summed E-state index contributed by atoms with van der Waals surface area (Å²) >= 11 is 0. The minimum atomic E-state index is -0.432. The molecule has 1 aromatic heterocycles. The Kier molecular flexibility index (Phi) is 4.60. The van der Waals surface area contributed by atoms with Crippen LogP contribution in [-0.2, 0) is 16.1 Å². The molecule has 0 aromatic carbocycles. The zero-order valence-corrected chi connectivity index (χ0v) is 13.1. The van der Waals surface area contributed by atoms with Gasteiger partial charge in [0, 0.05) is 18.4 Å². The van der Waals surface area contributed by atoms with E-state index in [4.69, 9.17) is 0 Å². The number of rotatable bonds is 4. The summed E-state index contributed by atoms with van der Waals surface area (Å²) in [6.45, 7) is 8.17. The molecule has 2 rings (SSSR count). The zero-order valence-electron chi connectivity index (χ0n) is 13.1. The van der Waals surface area contributed by atoms with Crippen molar-refractivity contribution in [3.8, 4) is 0 Å². The monoisotopic (exact) mass is 289 g/mol. The van der Waals surface area contributed by atoms with Gasteiger partial charge < -0.3 is 10.2 Å². The van der Waals surface area contributed by atoms with Crippen LogP contribution in [0.2, 0.25) is 0 Å². The fourth-order valence-corrected chi connectivity index (χ4v) is 2.62.